The van der Waals surface area contributed by atoms with Crippen LogP contribution in [0.1, 0.15) is 50.9 Å². The van der Waals surface area contributed by atoms with Gasteiger partial charge in [0.15, 0.2) is 0 Å². The molecule has 1 aliphatic rings. The number of carboxylic acid groups (broad SMARTS) is 1. The first-order valence-electron chi connectivity index (χ1n) is 8.21. The van der Waals surface area contributed by atoms with Crippen LogP contribution in [-0.4, -0.2) is 44.8 Å². The van der Waals surface area contributed by atoms with Gasteiger partial charge in [0, 0.05) is 23.7 Å². The first kappa shape index (κ1) is 17.5. The summed E-state index contributed by atoms with van der Waals surface area (Å²) in [5, 5.41) is 14.0. The smallest absolute Gasteiger partial charge is 0.339 e. The van der Waals surface area contributed by atoms with Gasteiger partial charge in [0.25, 0.3) is 5.91 Å². The van der Waals surface area contributed by atoms with Crippen LogP contribution in [0.15, 0.2) is 24.4 Å². The Morgan fingerprint density at radius 2 is 1.92 bits per heavy atom. The maximum Gasteiger partial charge on any atom is 0.339 e. The van der Waals surface area contributed by atoms with E-state index in [9.17, 15) is 9.59 Å². The second-order valence-corrected chi connectivity index (χ2v) is 6.79. The van der Waals surface area contributed by atoms with E-state index in [0.717, 1.165) is 18.4 Å². The largest absolute Gasteiger partial charge is 0.478 e. The number of aromatic carboxylic acids is 1. The minimum atomic E-state index is -0.965. The monoisotopic (exact) mass is 361 g/mol. The summed E-state index contributed by atoms with van der Waals surface area (Å²) in [4.78, 5) is 25.6. The maximum absolute atomic E-state index is 12.6. The number of halogens is 1. The number of likely N-dealkylation sites (tertiary alicyclic amines) is 1. The molecule has 6 nitrogen and oxygen atoms in total. The highest BCUT2D eigenvalue weighted by Gasteiger charge is 2.27. The number of amides is 1. The molecular weight excluding hydrogens is 342 g/mol. The zero-order valence-corrected chi connectivity index (χ0v) is 15.0. The van der Waals surface area contributed by atoms with Crippen LogP contribution < -0.4 is 0 Å². The molecule has 2 heterocycles. The lowest BCUT2D eigenvalue weighted by Gasteiger charge is -2.32. The summed E-state index contributed by atoms with van der Waals surface area (Å²) in [6, 6.07) is 5.47. The van der Waals surface area contributed by atoms with Crippen LogP contribution in [0.2, 0.25) is 5.02 Å². The van der Waals surface area contributed by atoms with Gasteiger partial charge in [-0.25, -0.2) is 4.79 Å². The van der Waals surface area contributed by atoms with Crippen LogP contribution in [0.5, 0.6) is 0 Å². The van der Waals surface area contributed by atoms with Gasteiger partial charge in [0.05, 0.1) is 17.9 Å². The summed E-state index contributed by atoms with van der Waals surface area (Å²) in [6.07, 6.45) is 2.88. The molecular formula is C18H20ClN3O3. The molecule has 1 amide bonds. The minimum absolute atomic E-state index is 0.0243. The Morgan fingerprint density at radius 3 is 2.48 bits per heavy atom. The molecule has 1 fully saturated rings. The Hall–Kier alpha value is -2.34. The van der Waals surface area contributed by atoms with Crippen molar-refractivity contribution in [2.45, 2.75) is 32.7 Å². The van der Waals surface area contributed by atoms with E-state index in [1.165, 1.54) is 6.20 Å². The lowest BCUT2D eigenvalue weighted by atomic mass is 10.0. The van der Waals surface area contributed by atoms with E-state index in [1.807, 2.05) is 17.9 Å². The molecule has 1 N–H and O–H groups in total. The zero-order chi connectivity index (χ0) is 18.1. The predicted molar refractivity (Wildman–Crippen MR) is 94.3 cm³/mol. The molecule has 0 spiro atoms. The summed E-state index contributed by atoms with van der Waals surface area (Å²) >= 11 is 6.12. The lowest BCUT2D eigenvalue weighted by Crippen LogP contribution is -2.39. The minimum Gasteiger partial charge on any atom is -0.478 e. The fourth-order valence-electron chi connectivity index (χ4n) is 3.22. The number of carbonyl (C=O) groups is 2. The first-order chi connectivity index (χ1) is 11.9. The van der Waals surface area contributed by atoms with Gasteiger partial charge in [-0.2, -0.15) is 5.10 Å². The third kappa shape index (κ3) is 3.39. The van der Waals surface area contributed by atoms with Crippen molar-refractivity contribution >= 4 is 23.5 Å². The Kier molecular flexibility index (Phi) is 4.81. The second-order valence-electron chi connectivity index (χ2n) is 6.38. The normalized spacial score (nSPS) is 15.4. The lowest BCUT2D eigenvalue weighted by molar-refractivity contribution is 0.0688. The van der Waals surface area contributed by atoms with E-state index in [-0.39, 0.29) is 17.5 Å². The van der Waals surface area contributed by atoms with Crippen molar-refractivity contribution in [3.63, 3.8) is 0 Å². The number of piperidine rings is 1. The molecule has 0 aliphatic carbocycles. The second kappa shape index (κ2) is 6.88. The summed E-state index contributed by atoms with van der Waals surface area (Å²) in [5.74, 6) is -0.989. The molecule has 2 aromatic rings. The van der Waals surface area contributed by atoms with Crippen molar-refractivity contribution in [2.75, 3.05) is 13.1 Å². The maximum atomic E-state index is 12.6. The molecule has 0 bridgehead atoms. The third-order valence-electron chi connectivity index (χ3n) is 4.79. The van der Waals surface area contributed by atoms with Gasteiger partial charge >= 0.3 is 5.97 Å². The van der Waals surface area contributed by atoms with Crippen LogP contribution in [0.4, 0.5) is 0 Å². The van der Waals surface area contributed by atoms with Crippen molar-refractivity contribution in [2.24, 2.45) is 0 Å². The summed E-state index contributed by atoms with van der Waals surface area (Å²) in [6.45, 7) is 4.88. The molecule has 1 aromatic carbocycles. The molecule has 0 saturated carbocycles. The number of carboxylic acids is 1. The molecule has 0 atom stereocenters. The van der Waals surface area contributed by atoms with Crippen LogP contribution >= 0.6 is 11.6 Å². The fourth-order valence-corrected chi connectivity index (χ4v) is 3.40. The molecule has 25 heavy (non-hydrogen) atoms. The molecule has 0 radical (unpaired) electrons. The molecule has 0 unspecified atom stereocenters. The number of hydrogen-bond donors (Lipinski definition) is 1. The van der Waals surface area contributed by atoms with E-state index in [4.69, 9.17) is 16.7 Å². The standard InChI is InChI=1S/C18H20ClN3O3/c1-11-3-4-13(9-16(11)19)17(23)21-7-5-14(6-8-21)22-12(2)15(10-20-22)18(24)25/h3-4,9-10,14H,5-8H2,1-2H3,(H,24,25). The van der Waals surface area contributed by atoms with Gasteiger partial charge in [-0.05, 0) is 44.4 Å². The summed E-state index contributed by atoms with van der Waals surface area (Å²) in [5.41, 5.74) is 2.42. The van der Waals surface area contributed by atoms with E-state index in [2.05, 4.69) is 5.10 Å². The number of benzene rings is 1. The van der Waals surface area contributed by atoms with Gasteiger partial charge in [-0.3, -0.25) is 9.48 Å². The molecule has 3 rings (SSSR count). The van der Waals surface area contributed by atoms with Crippen LogP contribution in [0, 0.1) is 13.8 Å². The highest BCUT2D eigenvalue weighted by molar-refractivity contribution is 6.31. The third-order valence-corrected chi connectivity index (χ3v) is 5.20. The van der Waals surface area contributed by atoms with E-state index >= 15 is 0 Å². The van der Waals surface area contributed by atoms with Gasteiger partial charge < -0.3 is 10.0 Å². The Bertz CT molecular complexity index is 823. The molecule has 132 valence electrons. The number of aromatic nitrogens is 2. The molecule has 1 aliphatic heterocycles. The topological polar surface area (TPSA) is 75.4 Å². The number of nitrogens with zero attached hydrogens (tertiary/aromatic N) is 3. The zero-order valence-electron chi connectivity index (χ0n) is 14.2. The molecule has 1 saturated heterocycles. The van der Waals surface area contributed by atoms with E-state index < -0.39 is 5.97 Å². The Labute approximate surface area is 151 Å². The average Bonchev–Trinajstić information content (AvgIpc) is 2.98. The summed E-state index contributed by atoms with van der Waals surface area (Å²) < 4.78 is 1.77. The van der Waals surface area contributed by atoms with Crippen molar-refractivity contribution in [1.29, 1.82) is 0 Å². The summed E-state index contributed by atoms with van der Waals surface area (Å²) in [7, 11) is 0. The quantitative estimate of drug-likeness (QED) is 0.909. The fraction of sp³-hybridized carbons (Fsp3) is 0.389. The van der Waals surface area contributed by atoms with Crippen LogP contribution in [-0.2, 0) is 0 Å². The number of rotatable bonds is 3. The van der Waals surface area contributed by atoms with Crippen molar-refractivity contribution in [3.8, 4) is 0 Å². The molecule has 1 aromatic heterocycles. The Morgan fingerprint density at radius 1 is 1.24 bits per heavy atom. The van der Waals surface area contributed by atoms with Gasteiger partial charge in [-0.15, -0.1) is 0 Å². The predicted octanol–water partition coefficient (Wildman–Crippen LogP) is 3.33. The highest BCUT2D eigenvalue weighted by atomic mass is 35.5. The van der Waals surface area contributed by atoms with Gasteiger partial charge in [-0.1, -0.05) is 17.7 Å². The van der Waals surface area contributed by atoms with Gasteiger partial charge in [0.1, 0.15) is 5.56 Å². The van der Waals surface area contributed by atoms with Gasteiger partial charge in [0.2, 0.25) is 0 Å². The van der Waals surface area contributed by atoms with Crippen LogP contribution in [0.3, 0.4) is 0 Å². The van der Waals surface area contributed by atoms with E-state index in [0.29, 0.717) is 29.4 Å². The van der Waals surface area contributed by atoms with Crippen molar-refractivity contribution in [1.82, 2.24) is 14.7 Å². The Balaban J connectivity index is 1.68. The van der Waals surface area contributed by atoms with E-state index in [1.54, 1.807) is 23.7 Å². The SMILES string of the molecule is Cc1ccc(C(=O)N2CCC(n3ncc(C(=O)O)c3C)CC2)cc1Cl. The van der Waals surface area contributed by atoms with Crippen LogP contribution in [0.25, 0.3) is 0 Å². The number of hydrogen-bond acceptors (Lipinski definition) is 3. The van der Waals surface area contributed by atoms with Crippen molar-refractivity contribution < 1.29 is 14.7 Å². The molecule has 7 heteroatoms. The highest BCUT2D eigenvalue weighted by Crippen LogP contribution is 2.26. The van der Waals surface area contributed by atoms with Crippen molar-refractivity contribution in [3.05, 3.63) is 51.8 Å². The first-order valence-corrected chi connectivity index (χ1v) is 8.59. The average molecular weight is 362 g/mol. The number of carbonyl (C=O) groups excluding carboxylic acids is 1. The number of aryl methyl sites for hydroxylation is 1.